The first kappa shape index (κ1) is 41.4. The number of rotatable bonds is 7. The monoisotopic (exact) mass is 933 g/mol. The molecule has 0 bridgehead atoms. The van der Waals surface area contributed by atoms with Crippen LogP contribution in [-0.2, 0) is 5.41 Å². The lowest BCUT2D eigenvalue weighted by Crippen LogP contribution is -2.16. The molecule has 14 aromatic rings. The fourth-order valence-corrected chi connectivity index (χ4v) is 12.2. The highest BCUT2D eigenvalue weighted by Crippen LogP contribution is 2.51. The molecule has 0 N–H and O–H groups in total. The van der Waals surface area contributed by atoms with Crippen molar-refractivity contribution in [3.8, 4) is 44.8 Å². The van der Waals surface area contributed by atoms with Crippen LogP contribution in [0.2, 0.25) is 0 Å². The second-order valence-electron chi connectivity index (χ2n) is 20.1. The molecular weight excluding hydrogens is 887 g/mol. The minimum absolute atomic E-state index is 0.130. The molecule has 0 spiro atoms. The Labute approximate surface area is 422 Å². The van der Waals surface area contributed by atoms with Crippen molar-refractivity contribution in [3.05, 3.63) is 260 Å². The average Bonchev–Trinajstić information content (AvgIpc) is 4.16. The highest BCUT2D eigenvalue weighted by atomic mass is 16.3. The van der Waals surface area contributed by atoms with Crippen LogP contribution in [0.1, 0.15) is 25.0 Å². The Kier molecular flexibility index (Phi) is 8.97. The van der Waals surface area contributed by atoms with Gasteiger partial charge in [0.05, 0.1) is 22.1 Å². The highest BCUT2D eigenvalue weighted by molar-refractivity contribution is 6.17. The van der Waals surface area contributed by atoms with Crippen LogP contribution in [0.4, 0.5) is 17.1 Å². The summed E-state index contributed by atoms with van der Waals surface area (Å²) in [6.45, 7) is 4.71. The lowest BCUT2D eigenvalue weighted by molar-refractivity contribution is 0.660. The molecule has 0 radical (unpaired) electrons. The molecule has 4 heteroatoms. The van der Waals surface area contributed by atoms with Gasteiger partial charge in [-0.2, -0.15) is 0 Å². The maximum Gasteiger partial charge on any atom is 0.137 e. The van der Waals surface area contributed by atoms with E-state index in [4.69, 9.17) is 4.42 Å². The van der Waals surface area contributed by atoms with Crippen LogP contribution in [0.25, 0.3) is 110 Å². The lowest BCUT2D eigenvalue weighted by atomic mass is 9.82. The van der Waals surface area contributed by atoms with E-state index in [0.29, 0.717) is 0 Å². The van der Waals surface area contributed by atoms with E-state index in [9.17, 15) is 0 Å². The molecule has 1 aliphatic rings. The van der Waals surface area contributed by atoms with Gasteiger partial charge in [0, 0.05) is 72.2 Å². The molecule has 0 unspecified atom stereocenters. The number of benzene rings is 11. The van der Waals surface area contributed by atoms with Crippen LogP contribution in [0.3, 0.4) is 0 Å². The van der Waals surface area contributed by atoms with E-state index in [-0.39, 0.29) is 5.41 Å². The van der Waals surface area contributed by atoms with Crippen molar-refractivity contribution in [2.75, 3.05) is 4.90 Å². The largest absolute Gasteiger partial charge is 0.456 e. The predicted octanol–water partition coefficient (Wildman–Crippen LogP) is 18.9. The SMILES string of the molecule is CC1(C)c2ccccc2-c2ccc(N(c3ccc(-c4ccc(-n5c6ccccc6c6cc7c(cc65)oc5ccccc57)cc4)cc3)c3ccc(-c4ccc5c(c4)c4ccccc4n5-c4ccccc4)cc3)cc21. The van der Waals surface area contributed by atoms with Gasteiger partial charge in [-0.15, -0.1) is 0 Å². The average molecular weight is 934 g/mol. The van der Waals surface area contributed by atoms with E-state index in [2.05, 4.69) is 264 Å². The van der Waals surface area contributed by atoms with Crippen molar-refractivity contribution in [1.82, 2.24) is 9.13 Å². The minimum atomic E-state index is -0.130. The summed E-state index contributed by atoms with van der Waals surface area (Å²) in [5, 5.41) is 7.23. The molecule has 0 atom stereocenters. The standard InChI is InChI=1S/C69H47N3O/c1-69(2)61-20-10-6-16-53(61)54-38-37-52(41-62(54)69)70(50-33-28-46(29-34-50)47-30-39-65-58(40-47)55-17-7-11-21-63(55)71(65)48-14-4-3-5-15-48)49-31-24-44(25-32-49)45-26-35-51(36-27-45)72-64-22-12-8-18-56(64)59-42-60-57-19-9-13-23-67(57)73-68(60)43-66(59)72/h3-43H,1-2H3. The van der Waals surface area contributed by atoms with E-state index >= 15 is 0 Å². The normalized spacial score (nSPS) is 12.9. The summed E-state index contributed by atoms with van der Waals surface area (Å²) in [6, 6.07) is 90.9. The third-order valence-electron chi connectivity index (χ3n) is 15.7. The van der Waals surface area contributed by atoms with Gasteiger partial charge in [0.15, 0.2) is 0 Å². The van der Waals surface area contributed by atoms with E-state index in [1.54, 1.807) is 0 Å². The van der Waals surface area contributed by atoms with Gasteiger partial charge in [-0.3, -0.25) is 0 Å². The van der Waals surface area contributed by atoms with Crippen molar-refractivity contribution < 1.29 is 4.42 Å². The van der Waals surface area contributed by atoms with Crippen molar-refractivity contribution in [1.29, 1.82) is 0 Å². The molecular formula is C69H47N3O. The van der Waals surface area contributed by atoms with Gasteiger partial charge < -0.3 is 18.5 Å². The van der Waals surface area contributed by atoms with Crippen LogP contribution in [0, 0.1) is 0 Å². The van der Waals surface area contributed by atoms with Crippen LogP contribution in [0.15, 0.2) is 253 Å². The van der Waals surface area contributed by atoms with Gasteiger partial charge in [-0.05, 0) is 142 Å². The third kappa shape index (κ3) is 6.33. The number of furan rings is 1. The molecule has 344 valence electrons. The summed E-state index contributed by atoms with van der Waals surface area (Å²) in [4.78, 5) is 2.41. The first-order valence-corrected chi connectivity index (χ1v) is 25.2. The number of anilines is 3. The van der Waals surface area contributed by atoms with Crippen molar-refractivity contribution in [2.45, 2.75) is 19.3 Å². The molecule has 0 saturated carbocycles. The van der Waals surface area contributed by atoms with Crippen LogP contribution in [0.5, 0.6) is 0 Å². The smallest absolute Gasteiger partial charge is 0.137 e. The van der Waals surface area contributed by atoms with Gasteiger partial charge in [-0.1, -0.05) is 159 Å². The summed E-state index contributed by atoms with van der Waals surface area (Å²) in [5.41, 5.74) is 22.0. The van der Waals surface area contributed by atoms with E-state index in [1.165, 1.54) is 71.5 Å². The molecule has 15 rings (SSSR count). The van der Waals surface area contributed by atoms with Gasteiger partial charge in [0.1, 0.15) is 11.2 Å². The Balaban J connectivity index is 0.799. The predicted molar refractivity (Wildman–Crippen MR) is 306 cm³/mol. The molecule has 11 aromatic carbocycles. The third-order valence-corrected chi connectivity index (χ3v) is 15.7. The molecule has 1 aliphatic carbocycles. The van der Waals surface area contributed by atoms with Crippen LogP contribution >= 0.6 is 0 Å². The fourth-order valence-electron chi connectivity index (χ4n) is 12.2. The molecule has 0 saturated heterocycles. The Morgan fingerprint density at radius 1 is 0.315 bits per heavy atom. The molecule has 3 heterocycles. The Morgan fingerprint density at radius 3 is 1.53 bits per heavy atom. The first-order valence-electron chi connectivity index (χ1n) is 25.2. The Bertz CT molecular complexity index is 4500. The number of aromatic nitrogens is 2. The van der Waals surface area contributed by atoms with E-state index in [0.717, 1.165) is 67.0 Å². The number of hydrogen-bond donors (Lipinski definition) is 0. The second-order valence-corrected chi connectivity index (χ2v) is 20.1. The number of nitrogens with zero attached hydrogens (tertiary/aromatic N) is 3. The molecule has 0 amide bonds. The molecule has 73 heavy (non-hydrogen) atoms. The zero-order chi connectivity index (χ0) is 48.4. The van der Waals surface area contributed by atoms with E-state index < -0.39 is 0 Å². The van der Waals surface area contributed by atoms with Crippen molar-refractivity contribution in [3.63, 3.8) is 0 Å². The van der Waals surface area contributed by atoms with Gasteiger partial charge in [0.25, 0.3) is 0 Å². The topological polar surface area (TPSA) is 26.2 Å². The second kappa shape index (κ2) is 15.8. The zero-order valence-corrected chi connectivity index (χ0v) is 40.4. The fraction of sp³-hybridized carbons (Fsp3) is 0.0435. The summed E-state index contributed by atoms with van der Waals surface area (Å²) in [6.07, 6.45) is 0. The maximum atomic E-state index is 6.39. The maximum absolute atomic E-state index is 6.39. The Hall–Kier alpha value is -9.38. The van der Waals surface area contributed by atoms with Gasteiger partial charge in [0.2, 0.25) is 0 Å². The number of para-hydroxylation sites is 4. The summed E-state index contributed by atoms with van der Waals surface area (Å²) in [7, 11) is 0. The van der Waals surface area contributed by atoms with Gasteiger partial charge in [-0.25, -0.2) is 0 Å². The summed E-state index contributed by atoms with van der Waals surface area (Å²) in [5.74, 6) is 0. The summed E-state index contributed by atoms with van der Waals surface area (Å²) < 4.78 is 11.1. The van der Waals surface area contributed by atoms with E-state index in [1.807, 2.05) is 12.1 Å². The minimum Gasteiger partial charge on any atom is -0.456 e. The van der Waals surface area contributed by atoms with Crippen LogP contribution in [-0.4, -0.2) is 9.13 Å². The van der Waals surface area contributed by atoms with Crippen molar-refractivity contribution in [2.24, 2.45) is 0 Å². The molecule has 0 aliphatic heterocycles. The van der Waals surface area contributed by atoms with Crippen LogP contribution < -0.4 is 4.90 Å². The molecule has 3 aromatic heterocycles. The molecule has 4 nitrogen and oxygen atoms in total. The van der Waals surface area contributed by atoms with Crippen molar-refractivity contribution >= 4 is 82.6 Å². The first-order chi connectivity index (χ1) is 35.9. The quantitative estimate of drug-likeness (QED) is 0.159. The number of fused-ring (bicyclic) bond motifs is 12. The highest BCUT2D eigenvalue weighted by Gasteiger charge is 2.36. The summed E-state index contributed by atoms with van der Waals surface area (Å²) >= 11 is 0. The zero-order valence-electron chi connectivity index (χ0n) is 40.4. The Morgan fingerprint density at radius 2 is 0.822 bits per heavy atom. The lowest BCUT2D eigenvalue weighted by Gasteiger charge is -2.28. The van der Waals surface area contributed by atoms with Gasteiger partial charge >= 0.3 is 0 Å². The number of hydrogen-bond acceptors (Lipinski definition) is 2. The molecule has 0 fully saturated rings.